The SMILES string of the molecule is O=C(CCC(=O)O[C@H](c1cc(C(F)(F)F)nc2c(C(F)(F)F)cccc12)[C@@H]1CCCCN1)OC1=C(C2CCC(c3ccc(Cl)cc3)CC2)C(=O)c2ccccc2C1=O. The molecule has 2 aliphatic carbocycles. The predicted octanol–water partition coefficient (Wildman–Crippen LogP) is 10.3. The van der Waals surface area contributed by atoms with E-state index in [-0.39, 0.29) is 33.6 Å². The molecule has 15 heteroatoms. The molecule has 0 amide bonds. The fraction of sp³-hybridized carbons (Fsp3) is 0.372. The van der Waals surface area contributed by atoms with Gasteiger partial charge in [-0.25, -0.2) is 4.98 Å². The van der Waals surface area contributed by atoms with Crippen molar-refractivity contribution in [1.82, 2.24) is 10.3 Å². The highest BCUT2D eigenvalue weighted by Crippen LogP contribution is 2.44. The third-order valence-electron chi connectivity index (χ3n) is 11.1. The van der Waals surface area contributed by atoms with Crippen molar-refractivity contribution >= 4 is 46.0 Å². The first-order valence-electron chi connectivity index (χ1n) is 19.0. The Bertz CT molecular complexity index is 2280. The lowest BCUT2D eigenvalue weighted by molar-refractivity contribution is -0.154. The minimum atomic E-state index is -5.14. The second-order valence-electron chi connectivity index (χ2n) is 14.8. The molecule has 0 radical (unpaired) electrons. The van der Waals surface area contributed by atoms with E-state index in [2.05, 4.69) is 10.3 Å². The van der Waals surface area contributed by atoms with Gasteiger partial charge < -0.3 is 14.8 Å². The number of alkyl halides is 6. The highest BCUT2D eigenvalue weighted by molar-refractivity contribution is 6.30. The van der Waals surface area contributed by atoms with Gasteiger partial charge in [-0.15, -0.1) is 0 Å². The first-order chi connectivity index (χ1) is 27.6. The fourth-order valence-corrected chi connectivity index (χ4v) is 8.37. The number of pyridine rings is 1. The maximum Gasteiger partial charge on any atom is 0.433 e. The van der Waals surface area contributed by atoms with Crippen molar-refractivity contribution in [1.29, 1.82) is 0 Å². The highest BCUT2D eigenvalue weighted by atomic mass is 35.5. The number of benzene rings is 3. The van der Waals surface area contributed by atoms with Crippen LogP contribution >= 0.6 is 11.6 Å². The largest absolute Gasteiger partial charge is 0.456 e. The van der Waals surface area contributed by atoms with Crippen LogP contribution in [0.3, 0.4) is 0 Å². The highest BCUT2D eigenvalue weighted by Gasteiger charge is 2.42. The molecule has 0 unspecified atom stereocenters. The summed E-state index contributed by atoms with van der Waals surface area (Å²) in [5, 5.41) is 3.43. The number of carbonyl (C=O) groups excluding carboxylic acids is 4. The summed E-state index contributed by atoms with van der Waals surface area (Å²) in [6.07, 6.45) is -8.91. The molecule has 1 aromatic heterocycles. The molecule has 1 N–H and O–H groups in total. The van der Waals surface area contributed by atoms with Gasteiger partial charge in [0, 0.05) is 33.1 Å². The Kier molecular flexibility index (Phi) is 11.8. The van der Waals surface area contributed by atoms with Crippen LogP contribution in [0.5, 0.6) is 0 Å². The van der Waals surface area contributed by atoms with Crippen LogP contribution in [0, 0.1) is 5.92 Å². The van der Waals surface area contributed by atoms with Crippen LogP contribution < -0.4 is 5.32 Å². The van der Waals surface area contributed by atoms with Gasteiger partial charge >= 0.3 is 24.3 Å². The second kappa shape index (κ2) is 16.6. The molecular weight excluding hydrogens is 790 g/mol. The molecule has 2 atom stereocenters. The van der Waals surface area contributed by atoms with Crippen LogP contribution in [-0.4, -0.2) is 41.1 Å². The van der Waals surface area contributed by atoms with Crippen LogP contribution in [0.4, 0.5) is 26.3 Å². The number of allylic oxidation sites excluding steroid dienone is 2. The van der Waals surface area contributed by atoms with Crippen molar-refractivity contribution in [3.05, 3.63) is 123 Å². The summed E-state index contributed by atoms with van der Waals surface area (Å²) in [4.78, 5) is 58.0. The van der Waals surface area contributed by atoms with E-state index in [1.54, 1.807) is 12.1 Å². The van der Waals surface area contributed by atoms with E-state index in [0.29, 0.717) is 68.6 Å². The lowest BCUT2D eigenvalue weighted by Crippen LogP contribution is -2.40. The molecule has 2 fully saturated rings. The summed E-state index contributed by atoms with van der Waals surface area (Å²) < 4.78 is 95.7. The van der Waals surface area contributed by atoms with Gasteiger partial charge in [0.05, 0.1) is 29.5 Å². The number of halogens is 7. The zero-order valence-corrected chi connectivity index (χ0v) is 31.6. The quantitative estimate of drug-likeness (QED) is 0.131. The molecule has 4 aromatic rings. The van der Waals surface area contributed by atoms with E-state index >= 15 is 0 Å². The van der Waals surface area contributed by atoms with Gasteiger partial charge in [-0.2, -0.15) is 26.3 Å². The van der Waals surface area contributed by atoms with Gasteiger partial charge in [-0.05, 0) is 86.7 Å². The Labute approximate surface area is 333 Å². The van der Waals surface area contributed by atoms with Crippen molar-refractivity contribution in [2.45, 2.75) is 88.2 Å². The number of para-hydroxylation sites is 1. The average molecular weight is 827 g/mol. The van der Waals surface area contributed by atoms with Gasteiger partial charge in [0.1, 0.15) is 11.8 Å². The summed E-state index contributed by atoms with van der Waals surface area (Å²) in [5.41, 5.74) is -2.83. The number of piperidine rings is 1. The number of Topliss-reactive ketones (excluding diaryl/α,β-unsaturated/α-hetero) is 2. The number of carbonyl (C=O) groups is 4. The Balaban J connectivity index is 1.13. The Morgan fingerprint density at radius 2 is 1.43 bits per heavy atom. The Hall–Kier alpha value is -5.08. The standard InChI is InChI=1S/C43H37ClF6N2O6/c44-26-17-15-24(16-18-26)23-11-13-25(14-12-23)36-38(55)28-6-1-2-7-29(28)39(56)41(36)58-35(54)20-19-34(53)57-40(32-10-3-4-21-51-32)30-22-33(43(48,49)50)52-37-27(30)8-5-9-31(37)42(45,46)47/h1-2,5-9,15-18,22-23,25,32,40,51H,3-4,10-14,19-21H2/t23?,25?,32-,40+/m0/s1. The smallest absolute Gasteiger partial charge is 0.433 e. The lowest BCUT2D eigenvalue weighted by atomic mass is 9.72. The molecule has 1 aliphatic heterocycles. The van der Waals surface area contributed by atoms with Crippen LogP contribution in [0.15, 0.2) is 84.1 Å². The molecule has 7 rings (SSSR count). The first kappa shape index (κ1) is 41.1. The number of rotatable bonds is 9. The van der Waals surface area contributed by atoms with E-state index in [9.17, 15) is 45.5 Å². The molecule has 58 heavy (non-hydrogen) atoms. The van der Waals surface area contributed by atoms with E-state index < -0.39 is 89.3 Å². The summed E-state index contributed by atoms with van der Waals surface area (Å²) in [6.45, 7) is 0.407. The molecule has 304 valence electrons. The maximum atomic E-state index is 14.1. The van der Waals surface area contributed by atoms with E-state index in [1.807, 2.05) is 24.3 Å². The Morgan fingerprint density at radius 3 is 2.07 bits per heavy atom. The third kappa shape index (κ3) is 8.68. The average Bonchev–Trinajstić information content (AvgIpc) is 3.20. The number of nitrogens with zero attached hydrogens (tertiary/aromatic N) is 1. The summed E-state index contributed by atoms with van der Waals surface area (Å²) in [7, 11) is 0. The molecule has 8 nitrogen and oxygen atoms in total. The fourth-order valence-electron chi connectivity index (χ4n) is 8.25. The number of esters is 2. The van der Waals surface area contributed by atoms with E-state index in [4.69, 9.17) is 21.1 Å². The third-order valence-corrected chi connectivity index (χ3v) is 11.3. The molecular formula is C43H37ClF6N2O6. The zero-order chi connectivity index (χ0) is 41.4. The number of hydrogen-bond donors (Lipinski definition) is 1. The van der Waals surface area contributed by atoms with Crippen molar-refractivity contribution in [3.8, 4) is 0 Å². The van der Waals surface area contributed by atoms with Crippen molar-refractivity contribution in [2.24, 2.45) is 5.92 Å². The molecule has 0 spiro atoms. The van der Waals surface area contributed by atoms with Crippen LogP contribution in [-0.2, 0) is 31.4 Å². The van der Waals surface area contributed by atoms with Gasteiger partial charge in [0.2, 0.25) is 5.78 Å². The number of aromatic nitrogens is 1. The molecule has 3 aliphatic rings. The number of fused-ring (bicyclic) bond motifs is 2. The summed E-state index contributed by atoms with van der Waals surface area (Å²) in [5.74, 6) is -3.80. The van der Waals surface area contributed by atoms with E-state index in [1.165, 1.54) is 18.2 Å². The molecule has 1 saturated heterocycles. The van der Waals surface area contributed by atoms with Gasteiger partial charge in [0.25, 0.3) is 0 Å². The van der Waals surface area contributed by atoms with Crippen molar-refractivity contribution in [3.63, 3.8) is 0 Å². The van der Waals surface area contributed by atoms with Gasteiger partial charge in [-0.3, -0.25) is 19.2 Å². The van der Waals surface area contributed by atoms with Crippen LogP contribution in [0.1, 0.15) is 113 Å². The van der Waals surface area contributed by atoms with Crippen molar-refractivity contribution in [2.75, 3.05) is 6.54 Å². The molecule has 2 heterocycles. The van der Waals surface area contributed by atoms with Gasteiger partial charge in [-0.1, -0.05) is 66.6 Å². The van der Waals surface area contributed by atoms with Crippen molar-refractivity contribution < 1.29 is 55.0 Å². The van der Waals surface area contributed by atoms with Gasteiger partial charge in [0.15, 0.2) is 11.5 Å². The first-order valence-corrected chi connectivity index (χ1v) is 19.4. The van der Waals surface area contributed by atoms with Crippen LogP contribution in [0.25, 0.3) is 10.9 Å². The minimum Gasteiger partial charge on any atom is -0.456 e. The zero-order valence-electron chi connectivity index (χ0n) is 30.9. The summed E-state index contributed by atoms with van der Waals surface area (Å²) >= 11 is 6.07. The number of ether oxygens (including phenoxy) is 2. The molecule has 3 aromatic carbocycles. The predicted molar refractivity (Wildman–Crippen MR) is 200 cm³/mol. The molecule has 1 saturated carbocycles. The number of hydrogen-bond acceptors (Lipinski definition) is 8. The monoisotopic (exact) mass is 826 g/mol. The van der Waals surface area contributed by atoms with E-state index in [0.717, 1.165) is 11.6 Å². The van der Waals surface area contributed by atoms with Crippen LogP contribution in [0.2, 0.25) is 5.02 Å². The normalized spacial score (nSPS) is 20.8. The second-order valence-corrected chi connectivity index (χ2v) is 15.2. The summed E-state index contributed by atoms with van der Waals surface area (Å²) in [6, 6.07) is 16.4. The minimum absolute atomic E-state index is 0.0626. The maximum absolute atomic E-state index is 14.1. The number of ketones is 2. The number of nitrogens with one attached hydrogen (secondary N) is 1. The Morgan fingerprint density at radius 1 is 0.776 bits per heavy atom. The topological polar surface area (TPSA) is 112 Å². The molecule has 0 bridgehead atoms. The lowest BCUT2D eigenvalue weighted by Gasteiger charge is -2.32.